The monoisotopic (exact) mass is 439 g/mol. The molecule has 1 atom stereocenters. The van der Waals surface area contributed by atoms with Crippen LogP contribution in [0.25, 0.3) is 0 Å². The van der Waals surface area contributed by atoms with Crippen molar-refractivity contribution in [1.29, 1.82) is 0 Å². The zero-order valence-electron chi connectivity index (χ0n) is 17.4. The van der Waals surface area contributed by atoms with Crippen molar-refractivity contribution >= 4 is 29.5 Å². The third-order valence-corrected chi connectivity index (χ3v) is 5.33. The summed E-state index contributed by atoms with van der Waals surface area (Å²) in [6, 6.07) is 5.91. The number of carbonyl (C=O) groups excluding carboxylic acids is 3. The van der Waals surface area contributed by atoms with E-state index in [0.29, 0.717) is 37.7 Å². The zero-order valence-corrected chi connectivity index (χ0v) is 17.4. The topological polar surface area (TPSA) is 111 Å². The van der Waals surface area contributed by atoms with Crippen LogP contribution in [-0.4, -0.2) is 82.6 Å². The Balaban J connectivity index is 1.44. The van der Waals surface area contributed by atoms with Crippen LogP contribution in [0.4, 0.5) is 10.3 Å². The summed E-state index contributed by atoms with van der Waals surface area (Å²) in [5.41, 5.74) is 0.662. The highest BCUT2D eigenvalue weighted by Crippen LogP contribution is 2.15. The first-order valence-corrected chi connectivity index (χ1v) is 10.1. The molecule has 2 aliphatic rings. The minimum absolute atomic E-state index is 0.0908. The average molecular weight is 439 g/mol. The van der Waals surface area contributed by atoms with Crippen LogP contribution in [-0.2, 0) is 20.9 Å². The lowest BCUT2D eigenvalue weighted by Gasteiger charge is -2.39. The van der Waals surface area contributed by atoms with E-state index in [1.807, 2.05) is 9.80 Å². The van der Waals surface area contributed by atoms with Gasteiger partial charge in [-0.15, -0.1) is 0 Å². The van der Waals surface area contributed by atoms with Crippen molar-refractivity contribution in [2.45, 2.75) is 12.6 Å². The van der Waals surface area contributed by atoms with Gasteiger partial charge in [0.15, 0.2) is 6.04 Å². The number of amides is 2. The highest BCUT2D eigenvalue weighted by atomic mass is 19.1. The van der Waals surface area contributed by atoms with Gasteiger partial charge in [0, 0.05) is 52.2 Å². The summed E-state index contributed by atoms with van der Waals surface area (Å²) in [7, 11) is 1.47. The maximum absolute atomic E-state index is 13.0. The number of carbonyl (C=O) groups is 3. The summed E-state index contributed by atoms with van der Waals surface area (Å²) in [6.07, 6.45) is 3.35. The summed E-state index contributed by atoms with van der Waals surface area (Å²) in [5, 5.41) is 2.60. The molecule has 2 aliphatic heterocycles. The van der Waals surface area contributed by atoms with Gasteiger partial charge in [0.25, 0.3) is 17.6 Å². The normalized spacial score (nSPS) is 19.1. The molecule has 1 N–H and O–H groups in total. The quantitative estimate of drug-likeness (QED) is 0.520. The smallest absolute Gasteiger partial charge is 0.299 e. The number of likely N-dealkylation sites (N-methyl/N-ethyl adjacent to an activating group) is 1. The molecular weight excluding hydrogens is 417 g/mol. The van der Waals surface area contributed by atoms with E-state index in [0.717, 1.165) is 0 Å². The van der Waals surface area contributed by atoms with E-state index in [4.69, 9.17) is 0 Å². The summed E-state index contributed by atoms with van der Waals surface area (Å²) in [4.78, 5) is 55.5. The molecule has 11 heteroatoms. The largest absolute Gasteiger partial charge is 0.350 e. The number of rotatable bonds is 4. The van der Waals surface area contributed by atoms with Crippen molar-refractivity contribution in [2.75, 3.05) is 38.1 Å². The molecule has 1 unspecified atom stereocenters. The van der Waals surface area contributed by atoms with Gasteiger partial charge in [0.1, 0.15) is 5.82 Å². The van der Waals surface area contributed by atoms with Crippen molar-refractivity contribution in [1.82, 2.24) is 25.1 Å². The molecule has 1 aromatic heterocycles. The number of nitrogens with one attached hydrogen (secondary N) is 1. The number of halogens is 1. The van der Waals surface area contributed by atoms with Gasteiger partial charge >= 0.3 is 0 Å². The van der Waals surface area contributed by atoms with E-state index >= 15 is 0 Å². The van der Waals surface area contributed by atoms with Gasteiger partial charge in [-0.1, -0.05) is 12.1 Å². The van der Waals surface area contributed by atoms with Crippen LogP contribution in [0.3, 0.4) is 0 Å². The van der Waals surface area contributed by atoms with Crippen LogP contribution in [0.1, 0.15) is 5.56 Å². The van der Waals surface area contributed by atoms with Gasteiger partial charge in [-0.2, -0.15) is 0 Å². The van der Waals surface area contributed by atoms with Crippen LogP contribution < -0.4 is 10.2 Å². The van der Waals surface area contributed by atoms with Gasteiger partial charge in [0.05, 0.1) is 0 Å². The number of ketones is 1. The summed E-state index contributed by atoms with van der Waals surface area (Å²) in [5.74, 6) is -1.82. The molecule has 0 bridgehead atoms. The molecular formula is C21H22FN7O3. The summed E-state index contributed by atoms with van der Waals surface area (Å²) < 4.78 is 13.0. The highest BCUT2D eigenvalue weighted by molar-refractivity contribution is 6.45. The predicted octanol–water partition coefficient (Wildman–Crippen LogP) is -0.180. The number of anilines is 1. The second kappa shape index (κ2) is 9.08. The van der Waals surface area contributed by atoms with Crippen LogP contribution >= 0.6 is 0 Å². The van der Waals surface area contributed by atoms with E-state index in [-0.39, 0.29) is 18.3 Å². The Bertz CT molecular complexity index is 1040. The van der Waals surface area contributed by atoms with Gasteiger partial charge in [-0.05, 0) is 23.8 Å². The van der Waals surface area contributed by atoms with Crippen LogP contribution in [0.2, 0.25) is 0 Å². The van der Waals surface area contributed by atoms with Gasteiger partial charge in [0.2, 0.25) is 11.9 Å². The van der Waals surface area contributed by atoms with Crippen LogP contribution in [0.5, 0.6) is 0 Å². The second-order valence-electron chi connectivity index (χ2n) is 7.43. The number of piperazine rings is 1. The number of hydrogen-bond donors (Lipinski definition) is 1. The first-order chi connectivity index (χ1) is 15.4. The maximum Gasteiger partial charge on any atom is 0.299 e. The average Bonchev–Trinajstić information content (AvgIpc) is 2.83. The molecule has 2 aromatic rings. The Labute approximate surface area is 183 Å². The van der Waals surface area contributed by atoms with Crippen molar-refractivity contribution in [3.63, 3.8) is 0 Å². The molecule has 0 spiro atoms. The third-order valence-electron chi connectivity index (χ3n) is 5.33. The molecule has 0 radical (unpaired) electrons. The lowest BCUT2D eigenvalue weighted by molar-refractivity contribution is -0.145. The van der Waals surface area contributed by atoms with Gasteiger partial charge in [-0.25, -0.2) is 19.4 Å². The van der Waals surface area contributed by atoms with E-state index in [9.17, 15) is 18.8 Å². The molecule has 32 heavy (non-hydrogen) atoms. The molecule has 4 rings (SSSR count). The molecule has 3 heterocycles. The first kappa shape index (κ1) is 21.3. The predicted molar refractivity (Wildman–Crippen MR) is 113 cm³/mol. The highest BCUT2D eigenvalue weighted by Gasteiger charge is 2.41. The van der Waals surface area contributed by atoms with Crippen molar-refractivity contribution in [3.05, 3.63) is 54.1 Å². The lowest BCUT2D eigenvalue weighted by atomic mass is 10.1. The second-order valence-corrected chi connectivity index (χ2v) is 7.43. The Morgan fingerprint density at radius 3 is 2.34 bits per heavy atom. The Morgan fingerprint density at radius 1 is 1.06 bits per heavy atom. The standard InChI is InChI=1S/C21H22FN7O3/c1-27-19(32)17(30)16(18(31)25-13-14-3-5-15(22)6-4-14)26-21(27)29-11-9-28(10-12-29)20-23-7-2-8-24-20/h2-8,16H,9-13H2,1H3,(H,25,31). The molecule has 1 aromatic carbocycles. The number of aliphatic imine (C=N–C) groups is 1. The van der Waals surface area contributed by atoms with Crippen molar-refractivity contribution < 1.29 is 18.8 Å². The SMILES string of the molecule is CN1C(=O)C(=O)C(C(=O)NCc2ccc(F)cc2)N=C1N1CCN(c2ncccn2)CC1. The Morgan fingerprint density at radius 2 is 1.69 bits per heavy atom. The Hall–Kier alpha value is -3.89. The number of nitrogens with zero attached hydrogens (tertiary/aromatic N) is 6. The minimum atomic E-state index is -1.45. The fourth-order valence-corrected chi connectivity index (χ4v) is 3.55. The van der Waals surface area contributed by atoms with Crippen molar-refractivity contribution in [2.24, 2.45) is 4.99 Å². The van der Waals surface area contributed by atoms with Gasteiger partial charge < -0.3 is 15.1 Å². The summed E-state index contributed by atoms with van der Waals surface area (Å²) in [6.45, 7) is 2.33. The number of benzene rings is 1. The van der Waals surface area contributed by atoms with E-state index in [2.05, 4.69) is 20.3 Å². The van der Waals surface area contributed by atoms with Crippen LogP contribution in [0, 0.1) is 5.82 Å². The Kier molecular flexibility index (Phi) is 6.06. The van der Waals surface area contributed by atoms with E-state index in [1.165, 1.54) is 36.2 Å². The molecule has 1 fully saturated rings. The third kappa shape index (κ3) is 4.41. The number of aromatic nitrogens is 2. The van der Waals surface area contributed by atoms with Crippen molar-refractivity contribution in [3.8, 4) is 0 Å². The molecule has 0 aliphatic carbocycles. The maximum atomic E-state index is 13.0. The first-order valence-electron chi connectivity index (χ1n) is 10.1. The molecule has 0 saturated carbocycles. The fraction of sp³-hybridized carbons (Fsp3) is 0.333. The molecule has 1 saturated heterocycles. The number of Topliss-reactive ketones (excluding diaryl/α,β-unsaturated/α-hetero) is 1. The fourth-order valence-electron chi connectivity index (χ4n) is 3.55. The molecule has 166 valence electrons. The number of hydrogen-bond acceptors (Lipinski definition) is 8. The minimum Gasteiger partial charge on any atom is -0.350 e. The van der Waals surface area contributed by atoms with E-state index < -0.39 is 23.6 Å². The van der Waals surface area contributed by atoms with Crippen LogP contribution in [0.15, 0.2) is 47.7 Å². The summed E-state index contributed by atoms with van der Waals surface area (Å²) >= 11 is 0. The zero-order chi connectivity index (χ0) is 22.7. The number of guanidine groups is 1. The van der Waals surface area contributed by atoms with E-state index in [1.54, 1.807) is 18.5 Å². The molecule has 2 amide bonds. The molecule has 10 nitrogen and oxygen atoms in total. The van der Waals surface area contributed by atoms with Gasteiger partial charge in [-0.3, -0.25) is 19.3 Å². The lowest BCUT2D eigenvalue weighted by Crippen LogP contribution is -2.60.